The molecule has 204 valence electrons. The fourth-order valence-corrected chi connectivity index (χ4v) is 4.60. The number of urea groups is 1. The summed E-state index contributed by atoms with van der Waals surface area (Å²) in [6, 6.07) is 20.7. The second-order valence-electron chi connectivity index (χ2n) is 9.17. The van der Waals surface area contributed by atoms with Gasteiger partial charge in [0.2, 0.25) is 0 Å². The monoisotopic (exact) mass is 594 g/mol. The minimum Gasteiger partial charge on any atom is -0.496 e. The van der Waals surface area contributed by atoms with E-state index in [0.29, 0.717) is 51.4 Å². The van der Waals surface area contributed by atoms with Crippen molar-refractivity contribution in [2.75, 3.05) is 58.2 Å². The zero-order valence-electron chi connectivity index (χ0n) is 21.9. The van der Waals surface area contributed by atoms with Crippen molar-refractivity contribution in [2.45, 2.75) is 0 Å². The summed E-state index contributed by atoms with van der Waals surface area (Å²) < 4.78 is 19.8. The summed E-state index contributed by atoms with van der Waals surface area (Å²) in [6.45, 7) is 4.18. The van der Waals surface area contributed by atoms with Crippen LogP contribution in [0.1, 0.15) is 15.9 Å². The van der Waals surface area contributed by atoms with Gasteiger partial charge >= 0.3 is 6.03 Å². The lowest BCUT2D eigenvalue weighted by molar-refractivity contribution is 0.0739. The van der Waals surface area contributed by atoms with Crippen LogP contribution in [0.2, 0.25) is 0 Å². The first-order chi connectivity index (χ1) is 18.9. The van der Waals surface area contributed by atoms with Gasteiger partial charge in [0.05, 0.1) is 7.11 Å². The van der Waals surface area contributed by atoms with Gasteiger partial charge in [0.1, 0.15) is 11.6 Å². The molecule has 3 aromatic carbocycles. The topological polar surface area (TPSA) is 65.1 Å². The Morgan fingerprint density at radius 1 is 1.00 bits per heavy atom. The molecule has 0 unspecified atom stereocenters. The molecule has 1 saturated heterocycles. The number of hydrogen-bond acceptors (Lipinski definition) is 4. The lowest BCUT2D eigenvalue weighted by Gasteiger charge is -2.35. The molecular weight excluding hydrogens is 563 g/mol. The van der Waals surface area contributed by atoms with E-state index in [1.165, 1.54) is 24.3 Å². The van der Waals surface area contributed by atoms with Crippen LogP contribution < -0.4 is 10.1 Å². The van der Waals surface area contributed by atoms with E-state index in [4.69, 9.17) is 4.74 Å². The Bertz CT molecular complexity index is 1280. The Labute approximate surface area is 237 Å². The van der Waals surface area contributed by atoms with E-state index in [1.807, 2.05) is 60.7 Å². The average molecular weight is 596 g/mol. The number of hydrogen-bond donors (Lipinski definition) is 1. The van der Waals surface area contributed by atoms with Gasteiger partial charge < -0.3 is 19.9 Å². The SMILES string of the molecule is COc1ccccc1/C=C/CN(CCN1CCN(C(=O)Nc2ccc(Br)cc2)CC1)C(=O)c1ccc(F)cc1. The molecule has 4 rings (SSSR count). The predicted molar refractivity (Wildman–Crippen MR) is 156 cm³/mol. The van der Waals surface area contributed by atoms with E-state index in [0.717, 1.165) is 21.5 Å². The van der Waals surface area contributed by atoms with Gasteiger partial charge in [0.15, 0.2) is 0 Å². The second-order valence-corrected chi connectivity index (χ2v) is 10.1. The van der Waals surface area contributed by atoms with Crippen molar-refractivity contribution in [3.8, 4) is 5.75 Å². The van der Waals surface area contributed by atoms with Crippen LogP contribution in [0.3, 0.4) is 0 Å². The first-order valence-corrected chi connectivity index (χ1v) is 13.6. The van der Waals surface area contributed by atoms with E-state index in [1.54, 1.807) is 16.9 Å². The number of rotatable bonds is 9. The number of anilines is 1. The molecule has 0 radical (unpaired) electrons. The lowest BCUT2D eigenvalue weighted by atomic mass is 10.1. The number of para-hydroxylation sites is 1. The van der Waals surface area contributed by atoms with Gasteiger partial charge in [-0.15, -0.1) is 0 Å². The maximum atomic E-state index is 13.4. The van der Waals surface area contributed by atoms with E-state index in [9.17, 15) is 14.0 Å². The highest BCUT2D eigenvalue weighted by Crippen LogP contribution is 2.19. The molecule has 1 heterocycles. The summed E-state index contributed by atoms with van der Waals surface area (Å²) in [5.74, 6) is 0.218. The largest absolute Gasteiger partial charge is 0.496 e. The molecule has 1 aliphatic rings. The predicted octanol–water partition coefficient (Wildman–Crippen LogP) is 5.60. The third-order valence-corrected chi connectivity index (χ3v) is 7.11. The summed E-state index contributed by atoms with van der Waals surface area (Å²) in [4.78, 5) is 31.8. The van der Waals surface area contributed by atoms with Crippen molar-refractivity contribution in [3.05, 3.63) is 100 Å². The summed E-state index contributed by atoms with van der Waals surface area (Å²) in [5, 5.41) is 2.94. The third-order valence-electron chi connectivity index (χ3n) is 6.58. The zero-order valence-corrected chi connectivity index (χ0v) is 23.4. The van der Waals surface area contributed by atoms with Gasteiger partial charge in [-0.2, -0.15) is 0 Å². The number of amides is 3. The molecule has 0 bridgehead atoms. The van der Waals surface area contributed by atoms with Crippen LogP contribution >= 0.6 is 15.9 Å². The van der Waals surface area contributed by atoms with Crippen LogP contribution in [-0.4, -0.2) is 79.6 Å². The molecule has 39 heavy (non-hydrogen) atoms. The lowest BCUT2D eigenvalue weighted by Crippen LogP contribution is -2.51. The fourth-order valence-electron chi connectivity index (χ4n) is 4.33. The molecule has 0 aliphatic carbocycles. The minimum absolute atomic E-state index is 0.119. The van der Waals surface area contributed by atoms with Gasteiger partial charge in [-0.3, -0.25) is 9.69 Å². The van der Waals surface area contributed by atoms with Crippen molar-refractivity contribution >= 4 is 39.6 Å². The summed E-state index contributed by atoms with van der Waals surface area (Å²) in [6.07, 6.45) is 3.87. The maximum Gasteiger partial charge on any atom is 0.321 e. The van der Waals surface area contributed by atoms with E-state index in [-0.39, 0.29) is 17.8 Å². The molecule has 7 nitrogen and oxygen atoms in total. The van der Waals surface area contributed by atoms with Crippen LogP contribution in [-0.2, 0) is 0 Å². The van der Waals surface area contributed by atoms with E-state index >= 15 is 0 Å². The number of nitrogens with one attached hydrogen (secondary N) is 1. The van der Waals surface area contributed by atoms with Gasteiger partial charge in [-0.25, -0.2) is 9.18 Å². The number of ether oxygens (including phenoxy) is 1. The fraction of sp³-hybridized carbons (Fsp3) is 0.267. The highest BCUT2D eigenvalue weighted by atomic mass is 79.9. The van der Waals surface area contributed by atoms with Gasteiger partial charge in [0, 0.05) is 67.1 Å². The second kappa shape index (κ2) is 13.9. The van der Waals surface area contributed by atoms with E-state index in [2.05, 4.69) is 26.1 Å². The quantitative estimate of drug-likeness (QED) is 0.350. The van der Waals surface area contributed by atoms with Gasteiger partial charge in [0.25, 0.3) is 5.91 Å². The Morgan fingerprint density at radius 3 is 2.38 bits per heavy atom. The van der Waals surface area contributed by atoms with Crippen molar-refractivity contribution in [1.29, 1.82) is 0 Å². The van der Waals surface area contributed by atoms with Crippen molar-refractivity contribution in [2.24, 2.45) is 0 Å². The van der Waals surface area contributed by atoms with Crippen LogP contribution in [0, 0.1) is 5.82 Å². The maximum absolute atomic E-state index is 13.4. The molecule has 1 N–H and O–H groups in total. The third kappa shape index (κ3) is 8.15. The summed E-state index contributed by atoms with van der Waals surface area (Å²) in [7, 11) is 1.63. The molecule has 3 amide bonds. The molecule has 0 spiro atoms. The van der Waals surface area contributed by atoms with Crippen LogP contribution in [0.25, 0.3) is 6.08 Å². The Balaban J connectivity index is 1.34. The highest BCUT2D eigenvalue weighted by molar-refractivity contribution is 9.10. The number of methoxy groups -OCH3 is 1. The Hall–Kier alpha value is -3.69. The van der Waals surface area contributed by atoms with Gasteiger partial charge in [-0.05, 0) is 54.6 Å². The van der Waals surface area contributed by atoms with Crippen LogP contribution in [0.15, 0.2) is 83.3 Å². The Morgan fingerprint density at radius 2 is 1.69 bits per heavy atom. The molecule has 0 saturated carbocycles. The van der Waals surface area contributed by atoms with Crippen LogP contribution in [0.4, 0.5) is 14.9 Å². The molecular formula is C30H32BrFN4O3. The number of nitrogens with zero attached hydrogens (tertiary/aromatic N) is 3. The van der Waals surface area contributed by atoms with Crippen molar-refractivity contribution in [3.63, 3.8) is 0 Å². The standard InChI is InChI=1S/C30H32BrFN4O3/c1-39-28-7-3-2-5-23(28)6-4-16-35(29(37)24-8-12-26(32)13-9-24)20-17-34-18-21-36(22-19-34)30(38)33-27-14-10-25(31)11-15-27/h2-15H,16-22H2,1H3,(H,33,38)/b6-4+. The molecule has 3 aromatic rings. The Kier molecular flexibility index (Phi) is 10.1. The first kappa shape index (κ1) is 28.3. The minimum atomic E-state index is -0.379. The molecule has 0 atom stereocenters. The first-order valence-electron chi connectivity index (χ1n) is 12.8. The van der Waals surface area contributed by atoms with Crippen LogP contribution in [0.5, 0.6) is 5.75 Å². The molecule has 0 aromatic heterocycles. The summed E-state index contributed by atoms with van der Waals surface area (Å²) >= 11 is 3.40. The molecule has 9 heteroatoms. The highest BCUT2D eigenvalue weighted by Gasteiger charge is 2.22. The molecule has 1 aliphatic heterocycles. The van der Waals surface area contributed by atoms with Crippen molar-refractivity contribution in [1.82, 2.24) is 14.7 Å². The number of piperazine rings is 1. The number of benzene rings is 3. The van der Waals surface area contributed by atoms with Crippen molar-refractivity contribution < 1.29 is 18.7 Å². The molecule has 1 fully saturated rings. The van der Waals surface area contributed by atoms with Gasteiger partial charge in [-0.1, -0.05) is 46.3 Å². The van der Waals surface area contributed by atoms with E-state index < -0.39 is 0 Å². The normalized spacial score (nSPS) is 13.9. The average Bonchev–Trinajstić information content (AvgIpc) is 2.96. The summed E-state index contributed by atoms with van der Waals surface area (Å²) in [5.41, 5.74) is 2.12. The number of carbonyl (C=O) groups excluding carboxylic acids is 2. The zero-order chi connectivity index (χ0) is 27.6. The number of carbonyl (C=O) groups is 2. The smallest absolute Gasteiger partial charge is 0.321 e. The number of halogens is 2.